The smallest absolute Gasteiger partial charge is 0.302 e. The van der Waals surface area contributed by atoms with Crippen molar-refractivity contribution < 1.29 is 14.6 Å². The molecule has 8 atom stereocenters. The minimum atomic E-state index is -0.279. The van der Waals surface area contributed by atoms with Gasteiger partial charge in [-0.15, -0.1) is 0 Å². The van der Waals surface area contributed by atoms with Gasteiger partial charge in [0.15, 0.2) is 0 Å². The maximum absolute atomic E-state index is 11.9. The van der Waals surface area contributed by atoms with Gasteiger partial charge in [-0.05, 0) is 103 Å². The van der Waals surface area contributed by atoms with E-state index in [-0.39, 0.29) is 39.8 Å². The molecule has 5 rings (SSSR count). The van der Waals surface area contributed by atoms with Crippen LogP contribution in [-0.2, 0) is 9.53 Å². The van der Waals surface area contributed by atoms with Crippen molar-refractivity contribution in [1.82, 2.24) is 0 Å². The Morgan fingerprint density at radius 3 is 2.41 bits per heavy atom. The second kappa shape index (κ2) is 7.70. The Morgan fingerprint density at radius 1 is 1.06 bits per heavy atom. The molecule has 0 aromatic heterocycles. The third-order valence-electron chi connectivity index (χ3n) is 12.2. The molecule has 0 bridgehead atoms. The van der Waals surface area contributed by atoms with Crippen LogP contribution < -0.4 is 0 Å². The first-order valence-corrected chi connectivity index (χ1v) is 14.1. The van der Waals surface area contributed by atoms with Crippen LogP contribution in [0, 0.1) is 45.3 Å². The molecule has 3 nitrogen and oxygen atoms in total. The molecule has 0 amide bonds. The summed E-state index contributed by atoms with van der Waals surface area (Å²) in [5.74, 6) is 2.22. The highest BCUT2D eigenvalue weighted by molar-refractivity contribution is 5.66. The number of hydrogen-bond acceptors (Lipinski definition) is 3. The van der Waals surface area contributed by atoms with E-state index in [9.17, 15) is 9.90 Å². The molecular weight excluding hydrogens is 420 g/mol. The number of allylic oxidation sites excluding steroid dienone is 3. The fourth-order valence-electron chi connectivity index (χ4n) is 10.4. The third kappa shape index (κ3) is 3.07. The Kier molecular flexibility index (Phi) is 5.57. The first-order valence-electron chi connectivity index (χ1n) is 14.1. The first-order chi connectivity index (χ1) is 15.8. The van der Waals surface area contributed by atoms with E-state index in [0.29, 0.717) is 23.7 Å². The molecule has 0 aromatic rings. The first kappa shape index (κ1) is 24.6. The molecule has 0 radical (unpaired) electrons. The van der Waals surface area contributed by atoms with Crippen LogP contribution in [0.1, 0.15) is 107 Å². The molecule has 0 aliphatic heterocycles. The quantitative estimate of drug-likeness (QED) is 0.434. The molecule has 0 unspecified atom stereocenters. The molecule has 5 aliphatic rings. The van der Waals surface area contributed by atoms with Gasteiger partial charge in [-0.1, -0.05) is 54.5 Å². The van der Waals surface area contributed by atoms with Crippen molar-refractivity contribution in [2.24, 2.45) is 45.3 Å². The molecule has 5 aliphatic carbocycles. The van der Waals surface area contributed by atoms with Gasteiger partial charge in [-0.25, -0.2) is 0 Å². The van der Waals surface area contributed by atoms with E-state index in [1.807, 2.05) is 0 Å². The number of carbonyl (C=O) groups excluding carboxylic acids is 1. The van der Waals surface area contributed by atoms with Crippen molar-refractivity contribution in [3.05, 3.63) is 22.8 Å². The van der Waals surface area contributed by atoms with Crippen molar-refractivity contribution >= 4 is 5.97 Å². The second-order valence-electron chi connectivity index (χ2n) is 14.3. The molecular formula is C31H48O3. The van der Waals surface area contributed by atoms with Gasteiger partial charge >= 0.3 is 5.97 Å². The predicted molar refractivity (Wildman–Crippen MR) is 137 cm³/mol. The molecule has 34 heavy (non-hydrogen) atoms. The summed E-state index contributed by atoms with van der Waals surface area (Å²) >= 11 is 0. The highest BCUT2D eigenvalue weighted by Crippen LogP contribution is 2.74. The van der Waals surface area contributed by atoms with Crippen LogP contribution in [0.25, 0.3) is 0 Å². The zero-order valence-electron chi connectivity index (χ0n) is 23.0. The standard InChI is InChI=1S/C31H48O3/c1-18(2)20-9-10-21-23(33)17-31(8)22(27(20)21)11-12-25-29(6)15-14-26(34-19(3)32)28(4,5)24(29)13-16-30(25,31)7/h11,18,20,23-26,33H,9-10,12-17H2,1-8H3/t20-,23+,24-,25+,26-,29-,30+,31+/m0/s1. The summed E-state index contributed by atoms with van der Waals surface area (Å²) in [4.78, 5) is 11.9. The number of rotatable bonds is 2. The Balaban J connectivity index is 1.56. The SMILES string of the molecule is CC(=O)O[C@H]1CC[C@]2(C)[C@H]3CC=C4C5=C(CC[C@H]5C(C)C)[C@H](O)C[C@@]4(C)[C@]3(C)CC[C@H]2C1(C)C. The van der Waals surface area contributed by atoms with Crippen molar-refractivity contribution in [2.45, 2.75) is 119 Å². The second-order valence-corrected chi connectivity index (χ2v) is 14.3. The summed E-state index contributed by atoms with van der Waals surface area (Å²) in [6.45, 7) is 18.6. The van der Waals surface area contributed by atoms with Gasteiger partial charge in [0.2, 0.25) is 0 Å². The Hall–Kier alpha value is -1.09. The van der Waals surface area contributed by atoms with Crippen LogP contribution in [0.3, 0.4) is 0 Å². The number of carbonyl (C=O) groups is 1. The van der Waals surface area contributed by atoms with Gasteiger partial charge in [0, 0.05) is 17.8 Å². The molecule has 2 saturated carbocycles. The zero-order chi connectivity index (χ0) is 24.8. The lowest BCUT2D eigenvalue weighted by atomic mass is 9.35. The third-order valence-corrected chi connectivity index (χ3v) is 12.2. The zero-order valence-corrected chi connectivity index (χ0v) is 23.0. The van der Waals surface area contributed by atoms with Crippen LogP contribution in [0.15, 0.2) is 22.8 Å². The van der Waals surface area contributed by atoms with E-state index in [2.05, 4.69) is 54.5 Å². The van der Waals surface area contributed by atoms with Crippen molar-refractivity contribution in [1.29, 1.82) is 0 Å². The fourth-order valence-corrected chi connectivity index (χ4v) is 10.4. The number of ether oxygens (including phenoxy) is 1. The van der Waals surface area contributed by atoms with E-state index < -0.39 is 0 Å². The van der Waals surface area contributed by atoms with E-state index in [0.717, 1.165) is 32.1 Å². The molecule has 190 valence electrons. The molecule has 0 aromatic carbocycles. The van der Waals surface area contributed by atoms with Gasteiger partial charge < -0.3 is 9.84 Å². The van der Waals surface area contributed by atoms with Crippen LogP contribution in [0.5, 0.6) is 0 Å². The van der Waals surface area contributed by atoms with Gasteiger partial charge in [-0.3, -0.25) is 4.79 Å². The van der Waals surface area contributed by atoms with E-state index in [1.54, 1.807) is 18.1 Å². The molecule has 1 N–H and O–H groups in total. The van der Waals surface area contributed by atoms with Gasteiger partial charge in [0.1, 0.15) is 6.10 Å². The maximum atomic E-state index is 11.9. The van der Waals surface area contributed by atoms with Crippen molar-refractivity contribution in [3.8, 4) is 0 Å². The monoisotopic (exact) mass is 468 g/mol. The normalized spacial score (nSPS) is 47.4. The largest absolute Gasteiger partial charge is 0.462 e. The highest BCUT2D eigenvalue weighted by atomic mass is 16.5. The average Bonchev–Trinajstić information content (AvgIpc) is 3.17. The summed E-state index contributed by atoms with van der Waals surface area (Å²) in [5.41, 5.74) is 4.95. The van der Waals surface area contributed by atoms with Crippen molar-refractivity contribution in [3.63, 3.8) is 0 Å². The van der Waals surface area contributed by atoms with Crippen molar-refractivity contribution in [2.75, 3.05) is 0 Å². The Morgan fingerprint density at radius 2 is 1.76 bits per heavy atom. The lowest BCUT2D eigenvalue weighted by Crippen LogP contribution is -2.63. The van der Waals surface area contributed by atoms with E-state index in [4.69, 9.17) is 4.74 Å². The highest BCUT2D eigenvalue weighted by Gasteiger charge is 2.67. The number of aliphatic hydroxyl groups is 1. The fraction of sp³-hybridized carbons (Fsp3) is 0.839. The number of aliphatic hydroxyl groups excluding tert-OH is 1. The Labute approximate surface area is 207 Å². The van der Waals surface area contributed by atoms with Crippen LogP contribution in [0.4, 0.5) is 0 Å². The summed E-state index contributed by atoms with van der Waals surface area (Å²) < 4.78 is 5.87. The Bertz CT molecular complexity index is 940. The molecule has 0 saturated heterocycles. The van der Waals surface area contributed by atoms with Crippen LogP contribution >= 0.6 is 0 Å². The number of hydrogen-bond donors (Lipinski definition) is 1. The van der Waals surface area contributed by atoms with Gasteiger partial charge in [0.25, 0.3) is 0 Å². The lowest BCUT2D eigenvalue weighted by molar-refractivity contribution is -0.207. The minimum absolute atomic E-state index is 0.0130. The van der Waals surface area contributed by atoms with E-state index in [1.165, 1.54) is 24.8 Å². The average molecular weight is 469 g/mol. The minimum Gasteiger partial charge on any atom is -0.462 e. The van der Waals surface area contributed by atoms with E-state index >= 15 is 0 Å². The summed E-state index contributed by atoms with van der Waals surface area (Å²) in [7, 11) is 0. The summed E-state index contributed by atoms with van der Waals surface area (Å²) in [5, 5.41) is 11.5. The number of esters is 1. The maximum Gasteiger partial charge on any atom is 0.302 e. The molecule has 2 fully saturated rings. The molecule has 0 heterocycles. The molecule has 0 spiro atoms. The van der Waals surface area contributed by atoms with Gasteiger partial charge in [-0.2, -0.15) is 0 Å². The molecule has 3 heteroatoms. The van der Waals surface area contributed by atoms with Crippen LogP contribution in [-0.4, -0.2) is 23.3 Å². The topological polar surface area (TPSA) is 46.5 Å². The number of fused-ring (bicyclic) bond motifs is 6. The summed E-state index contributed by atoms with van der Waals surface area (Å²) in [6, 6.07) is 0. The van der Waals surface area contributed by atoms with Gasteiger partial charge in [0.05, 0.1) is 6.10 Å². The predicted octanol–water partition coefficient (Wildman–Crippen LogP) is 7.24. The lowest BCUT2D eigenvalue weighted by Gasteiger charge is -2.69. The van der Waals surface area contributed by atoms with Crippen LogP contribution in [0.2, 0.25) is 0 Å². The summed E-state index contributed by atoms with van der Waals surface area (Å²) in [6.07, 6.45) is 11.2.